The van der Waals surface area contributed by atoms with E-state index in [0.29, 0.717) is 5.56 Å². The van der Waals surface area contributed by atoms with E-state index in [0.717, 1.165) is 6.07 Å². The maximum absolute atomic E-state index is 12.3. The summed E-state index contributed by atoms with van der Waals surface area (Å²) in [6.07, 6.45) is 0.236. The second kappa shape index (κ2) is 5.86. The number of non-ortho nitro benzene ring substituents is 1. The van der Waals surface area contributed by atoms with Gasteiger partial charge in [-0.1, -0.05) is 6.07 Å². The monoisotopic (exact) mass is 302 g/mol. The molecule has 0 aliphatic carbocycles. The molecule has 20 heavy (non-hydrogen) atoms. The van der Waals surface area contributed by atoms with Gasteiger partial charge in [0.1, 0.15) is 0 Å². The van der Waals surface area contributed by atoms with Crippen molar-refractivity contribution in [3.63, 3.8) is 0 Å². The lowest BCUT2D eigenvalue weighted by molar-refractivity contribution is -0.385. The lowest BCUT2D eigenvalue weighted by atomic mass is 10.0. The normalized spacial score (nSPS) is 12.4. The Hall–Kier alpha value is -1.51. The second-order valence-electron chi connectivity index (χ2n) is 5.17. The van der Waals surface area contributed by atoms with Gasteiger partial charge in [-0.15, -0.1) is 0 Å². The molecular formula is C12H18N2O5S. The van der Waals surface area contributed by atoms with Gasteiger partial charge in [0.15, 0.2) is 0 Å². The van der Waals surface area contributed by atoms with E-state index < -0.39 is 20.5 Å². The maximum atomic E-state index is 12.3. The Morgan fingerprint density at radius 2 is 2.00 bits per heavy atom. The van der Waals surface area contributed by atoms with Crippen molar-refractivity contribution in [3.05, 3.63) is 33.9 Å². The molecule has 0 radical (unpaired) electrons. The van der Waals surface area contributed by atoms with Crippen LogP contribution >= 0.6 is 0 Å². The summed E-state index contributed by atoms with van der Waals surface area (Å²) in [5.74, 6) is 0. The first kappa shape index (κ1) is 16.5. The quantitative estimate of drug-likeness (QED) is 0.608. The molecule has 0 bridgehead atoms. The topological polar surface area (TPSA) is 110 Å². The van der Waals surface area contributed by atoms with Gasteiger partial charge in [0.2, 0.25) is 10.0 Å². The lowest BCUT2D eigenvalue weighted by Crippen LogP contribution is -2.44. The number of nitrogens with zero attached hydrogens (tertiary/aromatic N) is 1. The van der Waals surface area contributed by atoms with Crippen LogP contribution in [0, 0.1) is 17.0 Å². The first-order chi connectivity index (χ1) is 9.09. The summed E-state index contributed by atoms with van der Waals surface area (Å²) in [4.78, 5) is 9.97. The van der Waals surface area contributed by atoms with E-state index in [1.807, 2.05) is 0 Å². The summed E-state index contributed by atoms with van der Waals surface area (Å²) in [6, 6.07) is 3.69. The molecule has 0 spiro atoms. The van der Waals surface area contributed by atoms with E-state index in [1.54, 1.807) is 20.8 Å². The SMILES string of the molecule is Cc1ccc([N+](=O)[O-])cc1S(=O)(=O)NC(C)(C)CCO. The first-order valence-electron chi connectivity index (χ1n) is 5.99. The van der Waals surface area contributed by atoms with Crippen molar-refractivity contribution in [1.29, 1.82) is 0 Å². The predicted octanol–water partition coefficient (Wildman–Crippen LogP) is 1.34. The zero-order valence-corrected chi connectivity index (χ0v) is 12.4. The number of benzene rings is 1. The van der Waals surface area contributed by atoms with Crippen molar-refractivity contribution in [3.8, 4) is 0 Å². The molecule has 1 aromatic rings. The Morgan fingerprint density at radius 1 is 1.40 bits per heavy atom. The molecule has 0 aliphatic heterocycles. The summed E-state index contributed by atoms with van der Waals surface area (Å²) in [7, 11) is -3.89. The van der Waals surface area contributed by atoms with Gasteiger partial charge >= 0.3 is 0 Å². The van der Waals surface area contributed by atoms with Crippen LogP contribution < -0.4 is 4.72 Å². The Balaban J connectivity index is 3.22. The molecule has 112 valence electrons. The third-order valence-electron chi connectivity index (χ3n) is 2.82. The minimum absolute atomic E-state index is 0.127. The fourth-order valence-corrected chi connectivity index (χ4v) is 3.45. The molecule has 0 aliphatic rings. The van der Waals surface area contributed by atoms with Gasteiger partial charge in [0.05, 0.1) is 9.82 Å². The minimum atomic E-state index is -3.89. The van der Waals surface area contributed by atoms with E-state index in [9.17, 15) is 18.5 Å². The third-order valence-corrected chi connectivity index (χ3v) is 4.66. The number of hydrogen-bond acceptors (Lipinski definition) is 5. The molecule has 7 nitrogen and oxygen atoms in total. The van der Waals surface area contributed by atoms with E-state index in [-0.39, 0.29) is 23.6 Å². The van der Waals surface area contributed by atoms with Crippen LogP contribution in [0.25, 0.3) is 0 Å². The third kappa shape index (κ3) is 3.99. The van der Waals surface area contributed by atoms with Crippen molar-refractivity contribution < 1.29 is 18.4 Å². The zero-order chi connectivity index (χ0) is 15.6. The largest absolute Gasteiger partial charge is 0.396 e. The standard InChI is InChI=1S/C12H18N2O5S/c1-9-4-5-10(14(16)17)8-11(9)20(18,19)13-12(2,3)6-7-15/h4-5,8,13,15H,6-7H2,1-3H3. The van der Waals surface area contributed by atoms with Crippen LogP contribution in [-0.4, -0.2) is 30.6 Å². The molecule has 2 N–H and O–H groups in total. The van der Waals surface area contributed by atoms with Crippen LogP contribution in [0.3, 0.4) is 0 Å². The van der Waals surface area contributed by atoms with Crippen molar-refractivity contribution in [2.24, 2.45) is 0 Å². The molecule has 0 saturated carbocycles. The average molecular weight is 302 g/mol. The van der Waals surface area contributed by atoms with Gasteiger partial charge in [-0.3, -0.25) is 10.1 Å². The number of hydrogen-bond donors (Lipinski definition) is 2. The number of rotatable bonds is 6. The van der Waals surface area contributed by atoms with Gasteiger partial charge in [0, 0.05) is 24.3 Å². The smallest absolute Gasteiger partial charge is 0.270 e. The number of sulfonamides is 1. The van der Waals surface area contributed by atoms with Crippen molar-refractivity contribution in [2.45, 2.75) is 37.6 Å². The number of aliphatic hydroxyl groups is 1. The minimum Gasteiger partial charge on any atom is -0.396 e. The molecule has 0 aromatic heterocycles. The highest BCUT2D eigenvalue weighted by Gasteiger charge is 2.28. The summed E-state index contributed by atoms with van der Waals surface area (Å²) < 4.78 is 27.1. The molecule has 0 atom stereocenters. The highest BCUT2D eigenvalue weighted by Crippen LogP contribution is 2.23. The molecule has 0 fully saturated rings. The highest BCUT2D eigenvalue weighted by molar-refractivity contribution is 7.89. The fraction of sp³-hybridized carbons (Fsp3) is 0.500. The Kier molecular flexibility index (Phi) is 4.85. The molecule has 1 rings (SSSR count). The number of aryl methyl sites for hydroxylation is 1. The maximum Gasteiger partial charge on any atom is 0.270 e. The summed E-state index contributed by atoms with van der Waals surface area (Å²) >= 11 is 0. The summed E-state index contributed by atoms with van der Waals surface area (Å²) in [5.41, 5.74) is -0.705. The van der Waals surface area contributed by atoms with Gasteiger partial charge in [-0.25, -0.2) is 13.1 Å². The predicted molar refractivity (Wildman–Crippen MR) is 73.9 cm³/mol. The van der Waals surface area contributed by atoms with Crippen LogP contribution in [0.4, 0.5) is 5.69 Å². The highest BCUT2D eigenvalue weighted by atomic mass is 32.2. The number of nitro groups is 1. The summed E-state index contributed by atoms with van der Waals surface area (Å²) in [5, 5.41) is 19.7. The van der Waals surface area contributed by atoms with Crippen LogP contribution in [0.15, 0.2) is 23.1 Å². The number of nitrogens with one attached hydrogen (secondary N) is 1. The van der Waals surface area contributed by atoms with Crippen LogP contribution in [0.5, 0.6) is 0 Å². The Bertz CT molecular complexity index is 610. The summed E-state index contributed by atoms with van der Waals surface area (Å²) in [6.45, 7) is 4.67. The van der Waals surface area contributed by atoms with Crippen LogP contribution in [0.2, 0.25) is 0 Å². The van der Waals surface area contributed by atoms with Crippen molar-refractivity contribution in [2.75, 3.05) is 6.61 Å². The zero-order valence-electron chi connectivity index (χ0n) is 11.6. The van der Waals surface area contributed by atoms with Gasteiger partial charge in [0.25, 0.3) is 5.69 Å². The first-order valence-corrected chi connectivity index (χ1v) is 7.47. The van der Waals surface area contributed by atoms with Crippen molar-refractivity contribution in [1.82, 2.24) is 4.72 Å². The number of nitro benzene ring substituents is 1. The molecule has 0 unspecified atom stereocenters. The average Bonchev–Trinajstić information content (AvgIpc) is 2.26. The van der Waals surface area contributed by atoms with Crippen LogP contribution in [-0.2, 0) is 10.0 Å². The van der Waals surface area contributed by atoms with Crippen molar-refractivity contribution >= 4 is 15.7 Å². The fourth-order valence-electron chi connectivity index (χ4n) is 1.74. The van der Waals surface area contributed by atoms with Gasteiger partial charge in [-0.2, -0.15) is 0 Å². The van der Waals surface area contributed by atoms with Gasteiger partial charge < -0.3 is 5.11 Å². The van der Waals surface area contributed by atoms with E-state index >= 15 is 0 Å². The van der Waals surface area contributed by atoms with E-state index in [1.165, 1.54) is 12.1 Å². The molecule has 0 saturated heterocycles. The molecule has 0 heterocycles. The van der Waals surface area contributed by atoms with E-state index in [4.69, 9.17) is 5.11 Å². The lowest BCUT2D eigenvalue weighted by Gasteiger charge is -2.25. The molecule has 8 heteroatoms. The number of aliphatic hydroxyl groups excluding tert-OH is 1. The van der Waals surface area contributed by atoms with Crippen LogP contribution in [0.1, 0.15) is 25.8 Å². The van der Waals surface area contributed by atoms with Gasteiger partial charge in [-0.05, 0) is 32.8 Å². The van der Waals surface area contributed by atoms with E-state index in [2.05, 4.69) is 4.72 Å². The molecule has 0 amide bonds. The Labute approximate surface area is 117 Å². The molecule has 1 aromatic carbocycles. The second-order valence-corrected chi connectivity index (χ2v) is 6.82. The molecular weight excluding hydrogens is 284 g/mol. The Morgan fingerprint density at radius 3 is 2.50 bits per heavy atom.